The number of aromatic nitrogens is 1. The van der Waals surface area contributed by atoms with Gasteiger partial charge in [-0.3, -0.25) is 20.2 Å². The summed E-state index contributed by atoms with van der Waals surface area (Å²) < 4.78 is 35.6. The number of nitrogens with one attached hydrogen (secondary N) is 2. The van der Waals surface area contributed by atoms with Gasteiger partial charge in [-0.25, -0.2) is 9.18 Å². The fourth-order valence-corrected chi connectivity index (χ4v) is 3.95. The molecule has 2 heterocycles. The van der Waals surface area contributed by atoms with E-state index in [1.54, 1.807) is 54.6 Å². The van der Waals surface area contributed by atoms with E-state index in [-0.39, 0.29) is 24.6 Å². The molecule has 198 valence electrons. The van der Waals surface area contributed by atoms with Crippen LogP contribution in [0.4, 0.5) is 9.18 Å². The van der Waals surface area contributed by atoms with Crippen molar-refractivity contribution in [3.8, 4) is 39.8 Å². The Kier molecular flexibility index (Phi) is 7.06. The molecule has 1 fully saturated rings. The summed E-state index contributed by atoms with van der Waals surface area (Å²) in [7, 11) is 1.42. The van der Waals surface area contributed by atoms with Crippen molar-refractivity contribution in [3.63, 3.8) is 0 Å². The number of ether oxygens (including phenoxy) is 3. The third-order valence-electron chi connectivity index (χ3n) is 5.97. The number of carbonyl (C=O) groups excluding carboxylic acids is 3. The van der Waals surface area contributed by atoms with Crippen molar-refractivity contribution in [3.05, 3.63) is 84.7 Å². The molecule has 0 bridgehead atoms. The first-order valence-corrected chi connectivity index (χ1v) is 11.8. The molecule has 39 heavy (non-hydrogen) atoms. The predicted octanol–water partition coefficient (Wildman–Crippen LogP) is 4.46. The summed E-state index contributed by atoms with van der Waals surface area (Å²) in [6, 6.07) is 20.3. The summed E-state index contributed by atoms with van der Waals surface area (Å²) in [5, 5.41) is 8.14. The topological polar surface area (TPSA) is 129 Å². The summed E-state index contributed by atoms with van der Waals surface area (Å²) in [5.41, 5.74) is -0.0755. The zero-order valence-electron chi connectivity index (χ0n) is 20.6. The maximum absolute atomic E-state index is 13.5. The first-order valence-electron chi connectivity index (χ1n) is 11.8. The van der Waals surface area contributed by atoms with E-state index in [0.717, 1.165) is 5.56 Å². The fraction of sp³-hybridized carbons (Fsp3) is 0.143. The third kappa shape index (κ3) is 5.48. The molecule has 0 saturated carbocycles. The van der Waals surface area contributed by atoms with E-state index in [0.29, 0.717) is 28.5 Å². The highest BCUT2D eigenvalue weighted by molar-refractivity contribution is 6.21. The number of benzene rings is 3. The maximum Gasteiger partial charge on any atom is 0.328 e. The maximum atomic E-state index is 13.5. The first kappa shape index (κ1) is 25.6. The lowest BCUT2D eigenvalue weighted by atomic mass is 9.95. The predicted molar refractivity (Wildman–Crippen MR) is 135 cm³/mol. The number of urea groups is 1. The normalized spacial score (nSPS) is 14.5. The lowest BCUT2D eigenvalue weighted by Gasteiger charge is -2.34. The van der Waals surface area contributed by atoms with Gasteiger partial charge in [0.05, 0.1) is 6.61 Å². The van der Waals surface area contributed by atoms with E-state index in [9.17, 15) is 18.8 Å². The molecule has 0 atom stereocenters. The zero-order chi connectivity index (χ0) is 27.4. The lowest BCUT2D eigenvalue weighted by molar-refractivity contribution is -0.153. The van der Waals surface area contributed by atoms with Crippen LogP contribution >= 0.6 is 0 Å². The average Bonchev–Trinajstić information content (AvgIpc) is 3.42. The zero-order valence-corrected chi connectivity index (χ0v) is 20.6. The van der Waals surface area contributed by atoms with Crippen molar-refractivity contribution in [2.45, 2.75) is 12.0 Å². The number of carbonyl (C=O) groups is 3. The molecule has 0 radical (unpaired) electrons. The second-order valence-corrected chi connectivity index (χ2v) is 8.59. The molecule has 0 unspecified atom stereocenters. The SMILES string of the molecule is COCCC1(Oc2ccc(Oc3ccc(-c4cc(-c5cccc(F)c5)no4)cc3)cc2)C(=O)NC(=O)NC1=O. The Labute approximate surface area is 221 Å². The van der Waals surface area contributed by atoms with E-state index < -0.39 is 23.4 Å². The minimum absolute atomic E-state index is 0.0480. The van der Waals surface area contributed by atoms with Crippen LogP contribution in [0.5, 0.6) is 17.2 Å². The van der Waals surface area contributed by atoms with Crippen LogP contribution in [0, 0.1) is 5.82 Å². The minimum Gasteiger partial charge on any atom is -0.467 e. The number of methoxy groups -OCH3 is 1. The first-order chi connectivity index (χ1) is 18.9. The van der Waals surface area contributed by atoms with Gasteiger partial charge in [0.2, 0.25) is 0 Å². The number of nitrogens with zero attached hydrogens (tertiary/aromatic N) is 1. The molecular formula is C28H22FN3O7. The van der Waals surface area contributed by atoms with Gasteiger partial charge >= 0.3 is 6.03 Å². The van der Waals surface area contributed by atoms with Crippen LogP contribution in [-0.2, 0) is 14.3 Å². The highest BCUT2D eigenvalue weighted by Gasteiger charge is 2.52. The minimum atomic E-state index is -1.96. The van der Waals surface area contributed by atoms with Gasteiger partial charge in [0.1, 0.15) is 28.8 Å². The number of barbiturate groups is 1. The molecule has 1 aliphatic heterocycles. The quantitative estimate of drug-likeness (QED) is 0.303. The fourth-order valence-electron chi connectivity index (χ4n) is 3.95. The van der Waals surface area contributed by atoms with Crippen LogP contribution in [0.3, 0.4) is 0 Å². The molecule has 4 aromatic rings. The van der Waals surface area contributed by atoms with E-state index in [2.05, 4.69) is 15.8 Å². The van der Waals surface area contributed by atoms with Crippen molar-refractivity contribution in [2.24, 2.45) is 0 Å². The van der Waals surface area contributed by atoms with Gasteiger partial charge in [-0.05, 0) is 60.7 Å². The average molecular weight is 531 g/mol. The van der Waals surface area contributed by atoms with Crippen LogP contribution in [0.15, 0.2) is 83.4 Å². The molecule has 1 saturated heterocycles. The second-order valence-electron chi connectivity index (χ2n) is 8.59. The van der Waals surface area contributed by atoms with Crippen LogP contribution in [0.25, 0.3) is 22.6 Å². The Bertz CT molecular complexity index is 1500. The third-order valence-corrected chi connectivity index (χ3v) is 5.97. The van der Waals surface area contributed by atoms with E-state index >= 15 is 0 Å². The van der Waals surface area contributed by atoms with Crippen molar-refractivity contribution in [1.82, 2.24) is 15.8 Å². The number of hydrogen-bond acceptors (Lipinski definition) is 8. The molecular weight excluding hydrogens is 509 g/mol. The second kappa shape index (κ2) is 10.8. The Morgan fingerprint density at radius 1 is 0.846 bits per heavy atom. The summed E-state index contributed by atoms with van der Waals surface area (Å²) in [4.78, 5) is 36.6. The lowest BCUT2D eigenvalue weighted by Crippen LogP contribution is -2.69. The Morgan fingerprint density at radius 3 is 2.13 bits per heavy atom. The largest absolute Gasteiger partial charge is 0.467 e. The van der Waals surface area contributed by atoms with Gasteiger partial charge in [-0.2, -0.15) is 0 Å². The van der Waals surface area contributed by atoms with Gasteiger partial charge in [-0.1, -0.05) is 17.3 Å². The van der Waals surface area contributed by atoms with Crippen molar-refractivity contribution >= 4 is 17.8 Å². The summed E-state index contributed by atoms with van der Waals surface area (Å²) in [5.74, 6) is -0.354. The number of hydrogen-bond donors (Lipinski definition) is 2. The Morgan fingerprint density at radius 2 is 1.49 bits per heavy atom. The number of halogens is 1. The molecule has 10 nitrogen and oxygen atoms in total. The van der Waals surface area contributed by atoms with Gasteiger partial charge in [0.25, 0.3) is 17.4 Å². The molecule has 4 amide bonds. The van der Waals surface area contributed by atoms with Crippen LogP contribution in [0.2, 0.25) is 0 Å². The highest BCUT2D eigenvalue weighted by Crippen LogP contribution is 2.31. The van der Waals surface area contributed by atoms with Gasteiger partial charge in [0.15, 0.2) is 5.76 Å². The van der Waals surface area contributed by atoms with E-state index in [4.69, 9.17) is 18.7 Å². The molecule has 0 aliphatic carbocycles. The monoisotopic (exact) mass is 531 g/mol. The molecule has 2 N–H and O–H groups in total. The smallest absolute Gasteiger partial charge is 0.328 e. The van der Waals surface area contributed by atoms with Gasteiger partial charge in [-0.15, -0.1) is 0 Å². The number of imide groups is 2. The van der Waals surface area contributed by atoms with Crippen LogP contribution in [0.1, 0.15) is 6.42 Å². The van der Waals surface area contributed by atoms with Crippen LogP contribution < -0.4 is 20.1 Å². The van der Waals surface area contributed by atoms with E-state index in [1.807, 2.05) is 0 Å². The molecule has 3 aromatic carbocycles. The molecule has 1 aromatic heterocycles. The molecule has 1 aliphatic rings. The Balaban J connectivity index is 1.26. The standard InChI is InChI=1S/C28H22FN3O7/c1-36-14-13-28(25(33)30-27(35)31-26(28)34)38-22-11-9-21(10-12-22)37-20-7-5-17(6-8-20)24-16-23(32-39-24)18-3-2-4-19(29)15-18/h2-12,15-16H,13-14H2,1H3,(H2,30,31,33,34,35). The van der Waals surface area contributed by atoms with E-state index in [1.165, 1.54) is 31.4 Å². The van der Waals surface area contributed by atoms with Crippen molar-refractivity contribution in [2.75, 3.05) is 13.7 Å². The van der Waals surface area contributed by atoms with Crippen LogP contribution in [-0.4, -0.2) is 42.3 Å². The summed E-state index contributed by atoms with van der Waals surface area (Å²) >= 11 is 0. The van der Waals surface area contributed by atoms with Gasteiger partial charge < -0.3 is 18.7 Å². The number of amides is 4. The highest BCUT2D eigenvalue weighted by atomic mass is 19.1. The summed E-state index contributed by atoms with van der Waals surface area (Å²) in [6.07, 6.45) is -0.103. The Hall–Kier alpha value is -5.03. The summed E-state index contributed by atoms with van der Waals surface area (Å²) in [6.45, 7) is 0.0480. The van der Waals surface area contributed by atoms with Gasteiger partial charge in [0, 0.05) is 30.7 Å². The van der Waals surface area contributed by atoms with Crippen molar-refractivity contribution in [1.29, 1.82) is 0 Å². The molecule has 11 heteroatoms. The number of rotatable bonds is 9. The van der Waals surface area contributed by atoms with Crippen molar-refractivity contribution < 1.29 is 37.5 Å². The molecule has 0 spiro atoms. The molecule has 5 rings (SSSR count).